The normalized spacial score (nSPS) is 15.8. The van der Waals surface area contributed by atoms with Crippen molar-refractivity contribution in [1.29, 1.82) is 0 Å². The highest BCUT2D eigenvalue weighted by atomic mass is 16.5. The van der Waals surface area contributed by atoms with Gasteiger partial charge >= 0.3 is 0 Å². The molecule has 1 N–H and O–H groups in total. The molecule has 0 spiro atoms. The van der Waals surface area contributed by atoms with E-state index >= 15 is 0 Å². The number of nitrogens with zero attached hydrogens (tertiary/aromatic N) is 1. The van der Waals surface area contributed by atoms with Crippen LogP contribution in [-0.2, 0) is 11.3 Å². The summed E-state index contributed by atoms with van der Waals surface area (Å²) >= 11 is 0. The van der Waals surface area contributed by atoms with E-state index in [1.807, 2.05) is 36.4 Å². The first-order valence-electron chi connectivity index (χ1n) is 9.83. The number of hydrogen-bond acceptors (Lipinski definition) is 2. The van der Waals surface area contributed by atoms with Gasteiger partial charge in [0.05, 0.1) is 18.3 Å². The molecule has 1 amide bonds. The first-order valence-corrected chi connectivity index (χ1v) is 9.83. The number of amides is 1. The molecule has 1 aromatic heterocycles. The molecule has 0 fully saturated rings. The van der Waals surface area contributed by atoms with Gasteiger partial charge in [-0.05, 0) is 29.3 Å². The van der Waals surface area contributed by atoms with Crippen LogP contribution in [0.25, 0.3) is 10.9 Å². The van der Waals surface area contributed by atoms with Crippen LogP contribution in [-0.4, -0.2) is 17.6 Å². The fraction of sp³-hybridized carbons (Fsp3) is 0.160. The van der Waals surface area contributed by atoms with Crippen molar-refractivity contribution in [3.05, 3.63) is 95.7 Å². The fourth-order valence-corrected chi connectivity index (χ4v) is 4.39. The zero-order valence-corrected chi connectivity index (χ0v) is 16.3. The van der Waals surface area contributed by atoms with Crippen LogP contribution in [0, 0.1) is 0 Å². The van der Waals surface area contributed by atoms with Crippen LogP contribution in [0.1, 0.15) is 29.0 Å². The number of benzene rings is 3. The van der Waals surface area contributed by atoms with Gasteiger partial charge in [0.25, 0.3) is 0 Å². The van der Waals surface area contributed by atoms with E-state index in [4.69, 9.17) is 4.74 Å². The lowest BCUT2D eigenvalue weighted by molar-refractivity contribution is -0.116. The fourth-order valence-electron chi connectivity index (χ4n) is 4.39. The Kier molecular flexibility index (Phi) is 4.32. The molecule has 5 rings (SSSR count). The molecule has 0 aliphatic carbocycles. The summed E-state index contributed by atoms with van der Waals surface area (Å²) in [6.07, 6.45) is 2.60. The molecule has 0 saturated carbocycles. The average molecular weight is 382 g/mol. The lowest BCUT2D eigenvalue weighted by Crippen LogP contribution is -2.14. The van der Waals surface area contributed by atoms with Crippen molar-refractivity contribution in [3.8, 4) is 5.75 Å². The second-order valence-electron chi connectivity index (χ2n) is 7.44. The van der Waals surface area contributed by atoms with Gasteiger partial charge in [-0.25, -0.2) is 0 Å². The Morgan fingerprint density at radius 3 is 2.59 bits per heavy atom. The van der Waals surface area contributed by atoms with Crippen molar-refractivity contribution in [3.63, 3.8) is 0 Å². The summed E-state index contributed by atoms with van der Waals surface area (Å²) in [6, 6.07) is 24.5. The van der Waals surface area contributed by atoms with Crippen LogP contribution in [0.5, 0.6) is 5.75 Å². The third-order valence-electron chi connectivity index (χ3n) is 5.68. The summed E-state index contributed by atoms with van der Waals surface area (Å²) in [5, 5.41) is 4.22. The summed E-state index contributed by atoms with van der Waals surface area (Å²) in [7, 11) is 1.68. The molecule has 0 saturated heterocycles. The number of anilines is 1. The molecule has 0 unspecified atom stereocenters. The van der Waals surface area contributed by atoms with Crippen LogP contribution in [0.15, 0.2) is 79.0 Å². The molecule has 4 aromatic rings. The number of rotatable bonds is 4. The highest BCUT2D eigenvalue weighted by Crippen LogP contribution is 2.43. The van der Waals surface area contributed by atoms with E-state index in [2.05, 4.69) is 52.5 Å². The Morgan fingerprint density at radius 2 is 1.76 bits per heavy atom. The van der Waals surface area contributed by atoms with E-state index in [1.165, 1.54) is 5.56 Å². The first-order chi connectivity index (χ1) is 14.2. The summed E-state index contributed by atoms with van der Waals surface area (Å²) in [5.74, 6) is 0.780. The summed E-state index contributed by atoms with van der Waals surface area (Å²) < 4.78 is 7.90. The van der Waals surface area contributed by atoms with Gasteiger partial charge in [0.1, 0.15) is 5.75 Å². The molecule has 4 heteroatoms. The highest BCUT2D eigenvalue weighted by Gasteiger charge is 2.29. The Hall–Kier alpha value is -3.53. The monoisotopic (exact) mass is 382 g/mol. The van der Waals surface area contributed by atoms with Gasteiger partial charge in [0, 0.05) is 36.0 Å². The number of para-hydroxylation sites is 1. The summed E-state index contributed by atoms with van der Waals surface area (Å²) in [4.78, 5) is 12.7. The number of methoxy groups -OCH3 is 1. The number of nitrogens with one attached hydrogen (secondary N) is 1. The SMILES string of the molecule is COc1ccccc1[C@@H]1CC(=O)Nc2cccc3c2c1cn3Cc1ccccc1. The molecule has 144 valence electrons. The first kappa shape index (κ1) is 17.6. The highest BCUT2D eigenvalue weighted by molar-refractivity contribution is 6.06. The van der Waals surface area contributed by atoms with Crippen molar-refractivity contribution in [1.82, 2.24) is 4.57 Å². The minimum atomic E-state index is -0.0608. The predicted molar refractivity (Wildman–Crippen MR) is 116 cm³/mol. The van der Waals surface area contributed by atoms with E-state index in [0.29, 0.717) is 6.42 Å². The number of hydrogen-bond donors (Lipinski definition) is 1. The van der Waals surface area contributed by atoms with Gasteiger partial charge < -0.3 is 14.6 Å². The number of carbonyl (C=O) groups excluding carboxylic acids is 1. The lowest BCUT2D eigenvalue weighted by atomic mass is 9.88. The van der Waals surface area contributed by atoms with E-state index < -0.39 is 0 Å². The molecule has 4 nitrogen and oxygen atoms in total. The molecular weight excluding hydrogens is 360 g/mol. The summed E-state index contributed by atoms with van der Waals surface area (Å²) in [6.45, 7) is 0.785. The predicted octanol–water partition coefficient (Wildman–Crippen LogP) is 5.17. The zero-order valence-electron chi connectivity index (χ0n) is 16.3. The molecular formula is C25H22N2O2. The van der Waals surface area contributed by atoms with Gasteiger partial charge in [0.15, 0.2) is 0 Å². The Balaban J connectivity index is 1.72. The van der Waals surface area contributed by atoms with Crippen molar-refractivity contribution in [2.75, 3.05) is 12.4 Å². The summed E-state index contributed by atoms with van der Waals surface area (Å²) in [5.41, 5.74) is 5.46. The Bertz CT molecular complexity index is 1190. The van der Waals surface area contributed by atoms with Crippen LogP contribution >= 0.6 is 0 Å². The van der Waals surface area contributed by atoms with Gasteiger partial charge in [-0.1, -0.05) is 54.6 Å². The maximum atomic E-state index is 12.7. The van der Waals surface area contributed by atoms with Crippen molar-refractivity contribution >= 4 is 22.5 Å². The maximum absolute atomic E-state index is 12.7. The van der Waals surface area contributed by atoms with Gasteiger partial charge in [-0.15, -0.1) is 0 Å². The quantitative estimate of drug-likeness (QED) is 0.529. The van der Waals surface area contributed by atoms with Crippen LogP contribution in [0.2, 0.25) is 0 Å². The molecule has 1 aliphatic rings. The third kappa shape index (κ3) is 3.07. The lowest BCUT2D eigenvalue weighted by Gasteiger charge is -2.17. The Morgan fingerprint density at radius 1 is 0.966 bits per heavy atom. The molecule has 2 heterocycles. The van der Waals surface area contributed by atoms with Crippen LogP contribution in [0.3, 0.4) is 0 Å². The van der Waals surface area contributed by atoms with E-state index in [-0.39, 0.29) is 11.8 Å². The number of aromatic nitrogens is 1. The standard InChI is InChI=1S/C25H22N2O2/c1-29-23-13-6-5-10-18(23)19-14-24(28)26-21-11-7-12-22-25(21)20(19)16-27(22)15-17-8-3-2-4-9-17/h2-13,16,19H,14-15H2,1H3,(H,26,28)/t19-/m0/s1. The molecule has 1 aliphatic heterocycles. The second kappa shape index (κ2) is 7.13. The Labute approximate surface area is 169 Å². The van der Waals surface area contributed by atoms with Gasteiger partial charge in [-0.3, -0.25) is 4.79 Å². The van der Waals surface area contributed by atoms with Crippen molar-refractivity contribution < 1.29 is 9.53 Å². The smallest absolute Gasteiger partial charge is 0.225 e. The van der Waals surface area contributed by atoms with Gasteiger partial charge in [0.2, 0.25) is 5.91 Å². The molecule has 29 heavy (non-hydrogen) atoms. The largest absolute Gasteiger partial charge is 0.496 e. The van der Waals surface area contributed by atoms with Crippen molar-refractivity contribution in [2.45, 2.75) is 18.9 Å². The maximum Gasteiger partial charge on any atom is 0.225 e. The number of carbonyl (C=O) groups is 1. The molecule has 0 radical (unpaired) electrons. The van der Waals surface area contributed by atoms with E-state index in [9.17, 15) is 4.79 Å². The molecule has 3 aromatic carbocycles. The minimum Gasteiger partial charge on any atom is -0.496 e. The zero-order chi connectivity index (χ0) is 19.8. The third-order valence-corrected chi connectivity index (χ3v) is 5.68. The second-order valence-corrected chi connectivity index (χ2v) is 7.44. The van der Waals surface area contributed by atoms with Crippen LogP contribution < -0.4 is 10.1 Å². The van der Waals surface area contributed by atoms with Gasteiger partial charge in [-0.2, -0.15) is 0 Å². The van der Waals surface area contributed by atoms with E-state index in [1.54, 1.807) is 7.11 Å². The van der Waals surface area contributed by atoms with E-state index in [0.717, 1.165) is 40.0 Å². The average Bonchev–Trinajstić information content (AvgIpc) is 3.04. The molecule has 1 atom stereocenters. The van der Waals surface area contributed by atoms with Crippen molar-refractivity contribution in [2.24, 2.45) is 0 Å². The number of ether oxygens (including phenoxy) is 1. The van der Waals surface area contributed by atoms with Crippen LogP contribution in [0.4, 0.5) is 5.69 Å². The minimum absolute atomic E-state index is 0.0271. The molecule has 0 bridgehead atoms. The topological polar surface area (TPSA) is 43.3 Å².